The highest BCUT2D eigenvalue weighted by Gasteiger charge is 2.27. The molecule has 2 saturated heterocycles. The zero-order valence-electron chi connectivity index (χ0n) is 20.4. The molecule has 0 spiro atoms. The van der Waals surface area contributed by atoms with Crippen molar-refractivity contribution in [2.24, 2.45) is 0 Å². The Bertz CT molecular complexity index is 1090. The quantitative estimate of drug-likeness (QED) is 0.598. The van der Waals surface area contributed by atoms with Gasteiger partial charge in [0, 0.05) is 39.3 Å². The van der Waals surface area contributed by atoms with E-state index in [0.717, 1.165) is 64.1 Å². The lowest BCUT2D eigenvalue weighted by atomic mass is 10.1. The first-order valence-corrected chi connectivity index (χ1v) is 13.8. The number of carbonyl (C=O) groups excluding carboxylic acids is 1. The van der Waals surface area contributed by atoms with Crippen LogP contribution in [0.2, 0.25) is 0 Å². The van der Waals surface area contributed by atoms with Gasteiger partial charge < -0.3 is 14.8 Å². The summed E-state index contributed by atoms with van der Waals surface area (Å²) in [6.07, 6.45) is 3.79. The van der Waals surface area contributed by atoms with Crippen molar-refractivity contribution in [1.29, 1.82) is 0 Å². The second-order valence-electron chi connectivity index (χ2n) is 9.07. The van der Waals surface area contributed by atoms with Gasteiger partial charge in [-0.1, -0.05) is 37.1 Å². The molecule has 0 radical (unpaired) electrons. The van der Waals surface area contributed by atoms with Crippen molar-refractivity contribution in [2.45, 2.75) is 43.7 Å². The Balaban J connectivity index is 1.42. The molecule has 4 rings (SSSR count). The Morgan fingerprint density at radius 2 is 1.60 bits per heavy atom. The van der Waals surface area contributed by atoms with Crippen LogP contribution in [0.1, 0.15) is 47.2 Å². The molecule has 2 fully saturated rings. The third-order valence-corrected chi connectivity index (χ3v) is 8.50. The van der Waals surface area contributed by atoms with Gasteiger partial charge in [-0.25, -0.2) is 8.42 Å². The minimum Gasteiger partial charge on any atom is -0.496 e. The van der Waals surface area contributed by atoms with E-state index in [1.54, 1.807) is 6.07 Å². The summed E-state index contributed by atoms with van der Waals surface area (Å²) in [6, 6.07) is 12.7. The molecule has 1 amide bonds. The molecule has 0 aromatic heterocycles. The number of methoxy groups -OCH3 is 1. The predicted molar refractivity (Wildman–Crippen MR) is 134 cm³/mol. The van der Waals surface area contributed by atoms with E-state index in [4.69, 9.17) is 9.47 Å². The van der Waals surface area contributed by atoms with E-state index in [1.165, 1.54) is 29.1 Å². The Morgan fingerprint density at radius 3 is 2.26 bits per heavy atom. The molecule has 2 aromatic carbocycles. The number of nitrogens with zero attached hydrogens (tertiary/aromatic N) is 2. The van der Waals surface area contributed by atoms with Crippen molar-refractivity contribution in [2.75, 3.05) is 46.5 Å². The summed E-state index contributed by atoms with van der Waals surface area (Å²) in [7, 11) is -2.19. The number of rotatable bonds is 8. The van der Waals surface area contributed by atoms with Crippen LogP contribution in [-0.4, -0.2) is 70.0 Å². The van der Waals surface area contributed by atoms with Crippen LogP contribution in [0.5, 0.6) is 5.75 Å². The predicted octanol–water partition coefficient (Wildman–Crippen LogP) is 3.02. The third-order valence-electron chi connectivity index (χ3n) is 6.60. The molecule has 2 aliphatic heterocycles. The van der Waals surface area contributed by atoms with Gasteiger partial charge >= 0.3 is 0 Å². The fraction of sp³-hybridized carbons (Fsp3) is 0.500. The molecule has 0 bridgehead atoms. The second-order valence-corrected chi connectivity index (χ2v) is 11.0. The first-order valence-electron chi connectivity index (χ1n) is 12.3. The summed E-state index contributed by atoms with van der Waals surface area (Å²) in [6.45, 7) is 5.66. The first kappa shape index (κ1) is 25.6. The highest BCUT2D eigenvalue weighted by atomic mass is 32.2. The van der Waals surface area contributed by atoms with Crippen molar-refractivity contribution in [3.05, 3.63) is 59.2 Å². The molecule has 0 saturated carbocycles. The van der Waals surface area contributed by atoms with E-state index in [-0.39, 0.29) is 16.4 Å². The molecule has 2 aromatic rings. The highest BCUT2D eigenvalue weighted by Crippen LogP contribution is 2.26. The van der Waals surface area contributed by atoms with E-state index < -0.39 is 10.0 Å². The van der Waals surface area contributed by atoms with Crippen LogP contribution in [-0.2, 0) is 27.8 Å². The number of sulfonamides is 1. The Labute approximate surface area is 208 Å². The second kappa shape index (κ2) is 12.0. The maximum Gasteiger partial charge on any atom is 0.255 e. The standard InChI is InChI=1S/C26H35N3O5S/c1-33-25-11-10-23(35(31,32)29-12-4-2-3-5-13-29)18-24(25)26(30)27-19-21-6-8-22(9-7-21)20-28-14-16-34-17-15-28/h6-11,18H,2-5,12-17,19-20H2,1H3,(H,27,30). The Kier molecular flexibility index (Phi) is 8.78. The lowest BCUT2D eigenvalue weighted by Gasteiger charge is -2.26. The van der Waals surface area contributed by atoms with Gasteiger partial charge in [0.1, 0.15) is 5.75 Å². The van der Waals surface area contributed by atoms with Crippen LogP contribution >= 0.6 is 0 Å². The van der Waals surface area contributed by atoms with E-state index in [2.05, 4.69) is 22.3 Å². The number of morpholine rings is 1. The molecule has 8 nitrogen and oxygen atoms in total. The van der Waals surface area contributed by atoms with E-state index in [1.807, 2.05) is 12.1 Å². The van der Waals surface area contributed by atoms with Gasteiger partial charge in [-0.15, -0.1) is 0 Å². The lowest BCUT2D eigenvalue weighted by Crippen LogP contribution is -2.35. The zero-order chi connectivity index (χ0) is 24.7. The SMILES string of the molecule is COc1ccc(S(=O)(=O)N2CCCCCC2)cc1C(=O)NCc1ccc(CN2CCOCC2)cc1. The van der Waals surface area contributed by atoms with Crippen LogP contribution in [0, 0.1) is 0 Å². The van der Waals surface area contributed by atoms with Crippen molar-refractivity contribution in [3.63, 3.8) is 0 Å². The normalized spacial score (nSPS) is 18.1. The van der Waals surface area contributed by atoms with Crippen molar-refractivity contribution >= 4 is 15.9 Å². The topological polar surface area (TPSA) is 88.2 Å². The van der Waals surface area contributed by atoms with Crippen LogP contribution in [0.25, 0.3) is 0 Å². The molecule has 190 valence electrons. The van der Waals surface area contributed by atoms with Crippen LogP contribution in [0.15, 0.2) is 47.4 Å². The molecule has 0 aliphatic carbocycles. The van der Waals surface area contributed by atoms with Gasteiger partial charge in [0.2, 0.25) is 10.0 Å². The summed E-state index contributed by atoms with van der Waals surface area (Å²) >= 11 is 0. The monoisotopic (exact) mass is 501 g/mol. The fourth-order valence-corrected chi connectivity index (χ4v) is 6.06. The van der Waals surface area contributed by atoms with Crippen molar-refractivity contribution in [1.82, 2.24) is 14.5 Å². The molecule has 0 unspecified atom stereocenters. The lowest BCUT2D eigenvalue weighted by molar-refractivity contribution is 0.0342. The van der Waals surface area contributed by atoms with Gasteiger partial charge in [0.25, 0.3) is 5.91 Å². The van der Waals surface area contributed by atoms with Crippen LogP contribution in [0.4, 0.5) is 0 Å². The number of amides is 1. The maximum atomic E-state index is 13.2. The molecule has 2 heterocycles. The summed E-state index contributed by atoms with van der Waals surface area (Å²) < 4.78 is 38.7. The summed E-state index contributed by atoms with van der Waals surface area (Å²) in [4.78, 5) is 15.5. The van der Waals surface area contributed by atoms with Crippen molar-refractivity contribution in [3.8, 4) is 5.75 Å². The Morgan fingerprint density at radius 1 is 0.943 bits per heavy atom. The van der Waals surface area contributed by atoms with E-state index in [9.17, 15) is 13.2 Å². The smallest absolute Gasteiger partial charge is 0.255 e. The van der Waals surface area contributed by atoms with Crippen LogP contribution in [0.3, 0.4) is 0 Å². The average molecular weight is 502 g/mol. The number of hydrogen-bond acceptors (Lipinski definition) is 6. The van der Waals surface area contributed by atoms with E-state index >= 15 is 0 Å². The zero-order valence-corrected chi connectivity index (χ0v) is 21.2. The number of hydrogen-bond donors (Lipinski definition) is 1. The minimum absolute atomic E-state index is 0.123. The number of ether oxygens (including phenoxy) is 2. The van der Waals surface area contributed by atoms with Gasteiger partial charge in [-0.2, -0.15) is 4.31 Å². The molecule has 0 atom stereocenters. The largest absolute Gasteiger partial charge is 0.496 e. The molecular weight excluding hydrogens is 466 g/mol. The maximum absolute atomic E-state index is 13.2. The van der Waals surface area contributed by atoms with Gasteiger partial charge in [0.05, 0.1) is 30.8 Å². The number of carbonyl (C=O) groups is 1. The molecule has 2 aliphatic rings. The third kappa shape index (κ3) is 6.61. The molecule has 35 heavy (non-hydrogen) atoms. The van der Waals surface area contributed by atoms with Gasteiger partial charge in [-0.3, -0.25) is 9.69 Å². The van der Waals surface area contributed by atoms with Crippen molar-refractivity contribution < 1.29 is 22.7 Å². The summed E-state index contributed by atoms with van der Waals surface area (Å²) in [5.41, 5.74) is 2.40. The number of nitrogens with one attached hydrogen (secondary N) is 1. The van der Waals surface area contributed by atoms with Gasteiger partial charge in [-0.05, 0) is 42.2 Å². The van der Waals surface area contributed by atoms with Gasteiger partial charge in [0.15, 0.2) is 0 Å². The molecule has 9 heteroatoms. The van der Waals surface area contributed by atoms with E-state index in [0.29, 0.717) is 25.4 Å². The fourth-order valence-electron chi connectivity index (χ4n) is 4.51. The molecular formula is C26H35N3O5S. The first-order chi connectivity index (χ1) is 17.0. The summed E-state index contributed by atoms with van der Waals surface area (Å²) in [5.74, 6) is -0.0228. The average Bonchev–Trinajstić information content (AvgIpc) is 3.19. The number of benzene rings is 2. The highest BCUT2D eigenvalue weighted by molar-refractivity contribution is 7.89. The summed E-state index contributed by atoms with van der Waals surface area (Å²) in [5, 5.41) is 2.90. The Hall–Kier alpha value is -2.46. The van der Waals surface area contributed by atoms with Crippen LogP contribution < -0.4 is 10.1 Å². The molecule has 1 N–H and O–H groups in total. The minimum atomic E-state index is -3.66.